The number of aromatic hydroxyl groups is 1. The van der Waals surface area contributed by atoms with Crippen molar-refractivity contribution in [2.75, 3.05) is 0 Å². The summed E-state index contributed by atoms with van der Waals surface area (Å²) in [5.74, 6) is 2.09. The van der Waals surface area contributed by atoms with Crippen LogP contribution in [-0.2, 0) is 6.42 Å². The van der Waals surface area contributed by atoms with E-state index in [-0.39, 0.29) is 0 Å². The van der Waals surface area contributed by atoms with Crippen LogP contribution in [0.5, 0.6) is 5.75 Å². The van der Waals surface area contributed by atoms with E-state index in [1.165, 1.54) is 56.6 Å². The lowest BCUT2D eigenvalue weighted by molar-refractivity contribution is 0.275. The van der Waals surface area contributed by atoms with E-state index in [9.17, 15) is 5.11 Å². The van der Waals surface area contributed by atoms with Crippen molar-refractivity contribution in [1.82, 2.24) is 0 Å². The smallest absolute Gasteiger partial charge is 0.115 e. The summed E-state index contributed by atoms with van der Waals surface area (Å²) in [5.41, 5.74) is 2.93. The van der Waals surface area contributed by atoms with Gasteiger partial charge in [0.1, 0.15) is 5.75 Å². The normalized spacial score (nSPS) is 24.9. The van der Waals surface area contributed by atoms with Crippen molar-refractivity contribution in [2.45, 2.75) is 51.4 Å². The van der Waals surface area contributed by atoms with Crippen molar-refractivity contribution >= 4 is 0 Å². The van der Waals surface area contributed by atoms with E-state index in [0.717, 1.165) is 11.8 Å². The van der Waals surface area contributed by atoms with Crippen LogP contribution in [0.25, 0.3) is 0 Å². The van der Waals surface area contributed by atoms with Gasteiger partial charge in [-0.15, -0.1) is 0 Å². The van der Waals surface area contributed by atoms with Crippen LogP contribution in [0, 0.1) is 17.2 Å². The quantitative estimate of drug-likeness (QED) is 0.744. The SMILES string of the molecule is CC#N.Oc1ccc2c(c1)C1CCCCC1CC2. The number of nitrogens with zero attached hydrogens (tertiary/aromatic N) is 1. The molecular weight excluding hydrogens is 222 g/mol. The maximum atomic E-state index is 9.58. The standard InChI is InChI=1S/C14H18O.C2H3N/c15-12-8-7-11-6-5-10-3-1-2-4-13(10)14(11)9-12;1-2-3/h7-10,13,15H,1-6H2;1H3. The van der Waals surface area contributed by atoms with Gasteiger partial charge in [0.05, 0.1) is 6.07 Å². The zero-order chi connectivity index (χ0) is 13.0. The Bertz CT molecular complexity index is 447. The monoisotopic (exact) mass is 243 g/mol. The fourth-order valence-electron chi connectivity index (χ4n) is 3.46. The summed E-state index contributed by atoms with van der Waals surface area (Å²) in [6.07, 6.45) is 8.10. The van der Waals surface area contributed by atoms with Gasteiger partial charge in [-0.3, -0.25) is 0 Å². The summed E-state index contributed by atoms with van der Waals surface area (Å²) in [6, 6.07) is 7.72. The number of phenolic OH excluding ortho intramolecular Hbond substituents is 1. The van der Waals surface area contributed by atoms with E-state index in [2.05, 4.69) is 6.07 Å². The summed E-state index contributed by atoms with van der Waals surface area (Å²) < 4.78 is 0. The molecule has 2 atom stereocenters. The van der Waals surface area contributed by atoms with Gasteiger partial charge in [-0.1, -0.05) is 18.9 Å². The minimum atomic E-state index is 0.444. The minimum Gasteiger partial charge on any atom is -0.508 e. The molecule has 1 saturated carbocycles. The molecule has 2 unspecified atom stereocenters. The van der Waals surface area contributed by atoms with Gasteiger partial charge in [-0.25, -0.2) is 0 Å². The third kappa shape index (κ3) is 2.67. The lowest BCUT2D eigenvalue weighted by Crippen LogP contribution is -2.23. The highest BCUT2D eigenvalue weighted by atomic mass is 16.3. The van der Waals surface area contributed by atoms with Crippen molar-refractivity contribution < 1.29 is 5.11 Å². The van der Waals surface area contributed by atoms with Crippen LogP contribution < -0.4 is 0 Å². The summed E-state index contributed by atoms with van der Waals surface area (Å²) in [4.78, 5) is 0. The lowest BCUT2D eigenvalue weighted by Gasteiger charge is -2.37. The van der Waals surface area contributed by atoms with Gasteiger partial charge >= 0.3 is 0 Å². The molecule has 0 bridgehead atoms. The van der Waals surface area contributed by atoms with Gasteiger partial charge in [0.2, 0.25) is 0 Å². The number of hydrogen-bond donors (Lipinski definition) is 1. The second-order valence-electron chi connectivity index (χ2n) is 5.30. The van der Waals surface area contributed by atoms with Gasteiger partial charge < -0.3 is 5.11 Å². The van der Waals surface area contributed by atoms with Crippen LogP contribution in [0.4, 0.5) is 0 Å². The van der Waals surface area contributed by atoms with Crippen LogP contribution in [0.1, 0.15) is 56.1 Å². The van der Waals surface area contributed by atoms with Crippen molar-refractivity contribution in [1.29, 1.82) is 5.26 Å². The minimum absolute atomic E-state index is 0.444. The number of fused-ring (bicyclic) bond motifs is 3. The number of aryl methyl sites for hydroxylation is 1. The predicted octanol–water partition coefficient (Wildman–Crippen LogP) is 4.14. The molecule has 0 amide bonds. The molecule has 2 nitrogen and oxygen atoms in total. The average molecular weight is 243 g/mol. The van der Waals surface area contributed by atoms with Crippen LogP contribution in [0.3, 0.4) is 0 Å². The third-order valence-electron chi connectivity index (χ3n) is 4.22. The molecule has 2 heteroatoms. The molecule has 1 N–H and O–H groups in total. The van der Waals surface area contributed by atoms with E-state index >= 15 is 0 Å². The molecule has 3 rings (SSSR count). The Morgan fingerprint density at radius 1 is 1.22 bits per heavy atom. The Kier molecular flexibility index (Phi) is 4.25. The molecule has 0 heterocycles. The Morgan fingerprint density at radius 2 is 1.94 bits per heavy atom. The third-order valence-corrected chi connectivity index (χ3v) is 4.22. The number of benzene rings is 1. The van der Waals surface area contributed by atoms with E-state index in [1.807, 2.05) is 12.1 Å². The fraction of sp³-hybridized carbons (Fsp3) is 0.562. The average Bonchev–Trinajstić information content (AvgIpc) is 2.39. The fourth-order valence-corrected chi connectivity index (χ4v) is 3.46. The summed E-state index contributed by atoms with van der Waals surface area (Å²) in [6.45, 7) is 1.43. The molecular formula is C16H21NO. The number of hydrogen-bond acceptors (Lipinski definition) is 2. The van der Waals surface area contributed by atoms with Gasteiger partial charge in [0, 0.05) is 6.92 Å². The van der Waals surface area contributed by atoms with Gasteiger partial charge in [0.25, 0.3) is 0 Å². The van der Waals surface area contributed by atoms with Gasteiger partial charge in [0.15, 0.2) is 0 Å². The first kappa shape index (κ1) is 13.0. The number of nitriles is 1. The van der Waals surface area contributed by atoms with Crippen LogP contribution in [-0.4, -0.2) is 5.11 Å². The molecule has 1 aromatic rings. The van der Waals surface area contributed by atoms with Crippen LogP contribution in [0.2, 0.25) is 0 Å². The van der Waals surface area contributed by atoms with E-state index in [0.29, 0.717) is 5.75 Å². The molecule has 0 aliphatic heterocycles. The highest BCUT2D eigenvalue weighted by Crippen LogP contribution is 2.45. The zero-order valence-electron chi connectivity index (χ0n) is 11.0. The molecule has 1 fully saturated rings. The first-order valence-corrected chi connectivity index (χ1v) is 6.89. The van der Waals surface area contributed by atoms with E-state index in [1.54, 1.807) is 6.07 Å². The summed E-state index contributed by atoms with van der Waals surface area (Å²) in [7, 11) is 0. The van der Waals surface area contributed by atoms with Crippen molar-refractivity contribution in [3.8, 4) is 11.8 Å². The predicted molar refractivity (Wildman–Crippen MR) is 72.4 cm³/mol. The van der Waals surface area contributed by atoms with Gasteiger partial charge in [-0.05, 0) is 60.8 Å². The topological polar surface area (TPSA) is 44.0 Å². The second kappa shape index (κ2) is 5.91. The van der Waals surface area contributed by atoms with Crippen molar-refractivity contribution in [2.24, 2.45) is 5.92 Å². The first-order chi connectivity index (χ1) is 8.76. The van der Waals surface area contributed by atoms with E-state index in [4.69, 9.17) is 5.26 Å². The Labute approximate surface area is 109 Å². The highest BCUT2D eigenvalue weighted by molar-refractivity contribution is 5.39. The van der Waals surface area contributed by atoms with Crippen LogP contribution in [0.15, 0.2) is 18.2 Å². The largest absolute Gasteiger partial charge is 0.508 e. The first-order valence-electron chi connectivity index (χ1n) is 6.89. The summed E-state index contributed by atoms with van der Waals surface area (Å²) in [5, 5.41) is 16.9. The maximum Gasteiger partial charge on any atom is 0.115 e. The van der Waals surface area contributed by atoms with Crippen LogP contribution >= 0.6 is 0 Å². The molecule has 18 heavy (non-hydrogen) atoms. The molecule has 0 saturated heterocycles. The second-order valence-corrected chi connectivity index (χ2v) is 5.30. The molecule has 1 aromatic carbocycles. The Hall–Kier alpha value is -1.49. The Morgan fingerprint density at radius 3 is 2.72 bits per heavy atom. The highest BCUT2D eigenvalue weighted by Gasteiger charge is 2.31. The lowest BCUT2D eigenvalue weighted by atomic mass is 9.68. The van der Waals surface area contributed by atoms with E-state index < -0.39 is 0 Å². The zero-order valence-corrected chi connectivity index (χ0v) is 11.0. The van der Waals surface area contributed by atoms with Gasteiger partial charge in [-0.2, -0.15) is 5.26 Å². The maximum absolute atomic E-state index is 9.58. The number of rotatable bonds is 0. The number of phenols is 1. The molecule has 0 radical (unpaired) electrons. The molecule has 0 aromatic heterocycles. The molecule has 2 aliphatic carbocycles. The molecule has 96 valence electrons. The van der Waals surface area contributed by atoms with Crippen molar-refractivity contribution in [3.63, 3.8) is 0 Å². The Balaban J connectivity index is 0.000000367. The summed E-state index contributed by atoms with van der Waals surface area (Å²) >= 11 is 0. The van der Waals surface area contributed by atoms with Crippen molar-refractivity contribution in [3.05, 3.63) is 29.3 Å². The molecule has 2 aliphatic rings. The molecule has 0 spiro atoms.